The highest BCUT2D eigenvalue weighted by Gasteiger charge is 2.49. The van der Waals surface area contributed by atoms with Gasteiger partial charge in [-0.25, -0.2) is 44.9 Å². The summed E-state index contributed by atoms with van der Waals surface area (Å²) in [6.07, 6.45) is 0. The van der Waals surface area contributed by atoms with Crippen LogP contribution in [-0.2, 0) is 32.5 Å². The lowest BCUT2D eigenvalue weighted by molar-refractivity contribution is 0.299. The molecule has 0 saturated heterocycles. The molecule has 0 unspecified atom stereocenters. The van der Waals surface area contributed by atoms with E-state index in [0.29, 0.717) is 52.4 Å². The molecular formula is C121H101N9. The lowest BCUT2D eigenvalue weighted by Gasteiger charge is -2.48. The summed E-state index contributed by atoms with van der Waals surface area (Å²) in [6, 6.07) is 138. The molecule has 3 aliphatic carbocycles. The monoisotopic (exact) mass is 1680 g/mol. The maximum Gasteiger partial charge on any atom is 0.164 e. The van der Waals surface area contributed by atoms with E-state index in [1.165, 1.54) is 94.4 Å². The third-order valence-electron chi connectivity index (χ3n) is 29.0. The topological polar surface area (TPSA) is 116 Å². The SMILES string of the molecule is CC1(C)c2ccccc2-c2c(-c3ccc(-c4nc(-c5ccccc5)nc(-c5ccccc5)n4)c4ccccc34)cccc2C1(C)C.CC1(C)c2ccccc2-c2c(-c3cccc(-c4nc(-c5ccccc5)nc(-c5ccccc5)n4)c3)cccc2C1(C)C.CC1(C)c2ccccc2-c2c(-c3nc(-c4ccccc4)nc(-c4ccc(-c5ccccc5)cc4)n3)cccc2C1(C)C. The molecule has 19 aromatic rings. The van der Waals surface area contributed by atoms with Crippen molar-refractivity contribution in [3.8, 4) is 169 Å². The fraction of sp³-hybridized carbons (Fsp3) is 0.149. The second-order valence-electron chi connectivity index (χ2n) is 37.6. The van der Waals surface area contributed by atoms with E-state index in [1.54, 1.807) is 0 Å². The van der Waals surface area contributed by atoms with E-state index in [0.717, 1.165) is 66.6 Å². The molecule has 3 aliphatic rings. The molecule has 0 aliphatic heterocycles. The highest BCUT2D eigenvalue weighted by atomic mass is 15.1. The zero-order chi connectivity index (χ0) is 89.3. The minimum Gasteiger partial charge on any atom is -0.208 e. The van der Waals surface area contributed by atoms with Gasteiger partial charge in [0.15, 0.2) is 52.4 Å². The van der Waals surface area contributed by atoms with Gasteiger partial charge in [0, 0.05) is 50.1 Å². The second kappa shape index (κ2) is 33.2. The van der Waals surface area contributed by atoms with Gasteiger partial charge in [0.25, 0.3) is 0 Å². The Kier molecular flexibility index (Phi) is 21.2. The van der Waals surface area contributed by atoms with Gasteiger partial charge in [-0.2, -0.15) is 0 Å². The zero-order valence-electron chi connectivity index (χ0n) is 75.6. The van der Waals surface area contributed by atoms with Crippen molar-refractivity contribution in [1.82, 2.24) is 44.9 Å². The molecular weight excluding hydrogens is 1580 g/mol. The molecule has 3 aromatic heterocycles. The number of rotatable bonds is 12. The Morgan fingerprint density at radius 1 is 0.131 bits per heavy atom. The Labute approximate surface area is 763 Å². The molecule has 630 valence electrons. The number of benzene rings is 16. The highest BCUT2D eigenvalue weighted by molar-refractivity contribution is 6.07. The van der Waals surface area contributed by atoms with Crippen LogP contribution in [-0.4, -0.2) is 44.9 Å². The molecule has 0 amide bonds. The summed E-state index contributed by atoms with van der Waals surface area (Å²) in [5, 5.41) is 2.29. The average Bonchev–Trinajstić information content (AvgIpc) is 0.712. The van der Waals surface area contributed by atoms with Gasteiger partial charge >= 0.3 is 0 Å². The first-order valence-corrected chi connectivity index (χ1v) is 45.1. The van der Waals surface area contributed by atoms with E-state index in [1.807, 2.05) is 146 Å². The third-order valence-corrected chi connectivity index (χ3v) is 29.0. The Morgan fingerprint density at radius 3 is 0.731 bits per heavy atom. The van der Waals surface area contributed by atoms with Crippen molar-refractivity contribution >= 4 is 10.8 Å². The first kappa shape index (κ1) is 83.1. The Hall–Kier alpha value is -15.2. The van der Waals surface area contributed by atoms with Crippen LogP contribution in [0.3, 0.4) is 0 Å². The molecule has 0 spiro atoms. The van der Waals surface area contributed by atoms with Crippen LogP contribution in [0.5, 0.6) is 0 Å². The average molecular weight is 1680 g/mol. The van der Waals surface area contributed by atoms with E-state index < -0.39 is 0 Å². The lowest BCUT2D eigenvalue weighted by atomic mass is 9.55. The van der Waals surface area contributed by atoms with Crippen LogP contribution in [0.4, 0.5) is 0 Å². The van der Waals surface area contributed by atoms with Gasteiger partial charge < -0.3 is 0 Å². The summed E-state index contributed by atoms with van der Waals surface area (Å²) in [7, 11) is 0. The van der Waals surface area contributed by atoms with Crippen LogP contribution in [0.15, 0.2) is 394 Å². The van der Waals surface area contributed by atoms with Gasteiger partial charge in [-0.05, 0) is 156 Å². The molecule has 9 heteroatoms. The summed E-state index contributed by atoms with van der Waals surface area (Å²) in [5.41, 5.74) is 31.7. The van der Waals surface area contributed by atoms with E-state index in [2.05, 4.69) is 332 Å². The quantitative estimate of drug-likeness (QED) is 0.118. The summed E-state index contributed by atoms with van der Waals surface area (Å²) >= 11 is 0. The van der Waals surface area contributed by atoms with E-state index in [4.69, 9.17) is 44.9 Å². The van der Waals surface area contributed by atoms with Gasteiger partial charge in [0.05, 0.1) is 0 Å². The molecule has 0 atom stereocenters. The van der Waals surface area contributed by atoms with Gasteiger partial charge in [0.2, 0.25) is 0 Å². The smallest absolute Gasteiger partial charge is 0.164 e. The van der Waals surface area contributed by atoms with Crippen LogP contribution in [0.25, 0.3) is 180 Å². The van der Waals surface area contributed by atoms with Crippen molar-refractivity contribution in [1.29, 1.82) is 0 Å². The van der Waals surface area contributed by atoms with Crippen LogP contribution in [0.1, 0.15) is 116 Å². The molecule has 0 bridgehead atoms. The molecule has 3 heterocycles. The maximum atomic E-state index is 5.14. The fourth-order valence-electron chi connectivity index (χ4n) is 19.7. The zero-order valence-corrected chi connectivity index (χ0v) is 75.6. The van der Waals surface area contributed by atoms with Crippen molar-refractivity contribution in [3.63, 3.8) is 0 Å². The molecule has 9 nitrogen and oxygen atoms in total. The van der Waals surface area contributed by atoms with Gasteiger partial charge in [-0.15, -0.1) is 0 Å². The molecule has 16 aromatic carbocycles. The van der Waals surface area contributed by atoms with E-state index in [9.17, 15) is 0 Å². The van der Waals surface area contributed by atoms with E-state index >= 15 is 0 Å². The summed E-state index contributed by atoms with van der Waals surface area (Å²) in [4.78, 5) is 45.1. The highest BCUT2D eigenvalue weighted by Crippen LogP contribution is 2.60. The standard InChI is InChI=1S/C43H35N3.2C39H33N3/c1-42(2)36-24-14-13-22-35(36)38-33(23-15-25-37(38)43(42,3)4)32-26-27-34(31-21-12-11-20-30(31)32)41-45-39(28-16-7-5-8-17-28)44-40(46-41)29-18-9-6-10-19-29;1-38(2)32-23-12-11-21-31(32)34-30(22-14-24-33(34)39(38,3)4)28-19-13-20-29(25-28)37-41-35(26-15-7-5-8-16-26)40-36(42-37)27-17-9-6-10-18-27;1-38(2)32-20-12-11-18-30(32)34-31(19-13-21-33(34)39(38,3)4)37-41-35(28-16-9-6-10-17-28)40-36(42-37)29-24-22-27(23-25-29)26-14-7-5-8-15-26/h5-27H,1-4H3;2*5-25H,1-4H3. The summed E-state index contributed by atoms with van der Waals surface area (Å²) in [6.45, 7) is 28.5. The van der Waals surface area contributed by atoms with Gasteiger partial charge in [-0.3, -0.25) is 0 Å². The molecule has 0 N–H and O–H groups in total. The van der Waals surface area contributed by atoms with Gasteiger partial charge in [0.1, 0.15) is 0 Å². The normalized spacial score (nSPS) is 14.5. The molecule has 22 rings (SSSR count). The van der Waals surface area contributed by atoms with Crippen molar-refractivity contribution in [2.24, 2.45) is 0 Å². The fourth-order valence-corrected chi connectivity index (χ4v) is 19.7. The summed E-state index contributed by atoms with van der Waals surface area (Å²) < 4.78 is 0. The minimum atomic E-state index is -0.0991. The van der Waals surface area contributed by atoms with Crippen LogP contribution in [0.2, 0.25) is 0 Å². The van der Waals surface area contributed by atoms with Gasteiger partial charge in [-0.1, -0.05) is 465 Å². The number of fused-ring (bicyclic) bond motifs is 10. The molecule has 0 saturated carbocycles. The summed E-state index contributed by atoms with van der Waals surface area (Å²) in [5.74, 6) is 6.01. The largest absolute Gasteiger partial charge is 0.208 e. The number of hydrogen-bond donors (Lipinski definition) is 0. The minimum absolute atomic E-state index is 0.0103. The Balaban J connectivity index is 0.000000122. The predicted molar refractivity (Wildman–Crippen MR) is 537 cm³/mol. The van der Waals surface area contributed by atoms with Crippen LogP contribution < -0.4 is 0 Å². The Morgan fingerprint density at radius 2 is 0.346 bits per heavy atom. The predicted octanol–water partition coefficient (Wildman–Crippen LogP) is 30.5. The van der Waals surface area contributed by atoms with Crippen LogP contribution >= 0.6 is 0 Å². The van der Waals surface area contributed by atoms with Crippen molar-refractivity contribution in [3.05, 3.63) is 428 Å². The number of nitrogens with zero attached hydrogens (tertiary/aromatic N) is 9. The third kappa shape index (κ3) is 14.6. The van der Waals surface area contributed by atoms with E-state index in [-0.39, 0.29) is 32.5 Å². The number of aromatic nitrogens is 9. The first-order valence-electron chi connectivity index (χ1n) is 45.1. The Bertz CT molecular complexity index is 7370. The molecule has 0 fully saturated rings. The lowest BCUT2D eigenvalue weighted by Crippen LogP contribution is -2.43. The van der Waals surface area contributed by atoms with Crippen molar-refractivity contribution in [2.45, 2.75) is 116 Å². The molecule has 130 heavy (non-hydrogen) atoms. The molecule has 0 radical (unpaired) electrons. The first-order chi connectivity index (χ1) is 63.0. The van der Waals surface area contributed by atoms with Crippen LogP contribution in [0, 0.1) is 0 Å². The maximum absolute atomic E-state index is 5.14. The van der Waals surface area contributed by atoms with Crippen molar-refractivity contribution in [2.75, 3.05) is 0 Å². The second-order valence-corrected chi connectivity index (χ2v) is 37.6. The van der Waals surface area contributed by atoms with Crippen molar-refractivity contribution < 1.29 is 0 Å². The number of hydrogen-bond acceptors (Lipinski definition) is 9.